The number of carboxylic acids is 1. The number of aromatic nitrogens is 3. The zero-order valence-corrected chi connectivity index (χ0v) is 22.2. The molecule has 0 bridgehead atoms. The van der Waals surface area contributed by atoms with Crippen LogP contribution in [-0.4, -0.2) is 62.3 Å². The van der Waals surface area contributed by atoms with E-state index in [1.54, 1.807) is 17.0 Å². The summed E-state index contributed by atoms with van der Waals surface area (Å²) in [5.74, 6) is -1.84. The van der Waals surface area contributed by atoms with Crippen LogP contribution in [0.3, 0.4) is 0 Å². The average Bonchev–Trinajstić information content (AvgIpc) is 3.49. The molecule has 2 amide bonds. The monoisotopic (exact) mass is 574 g/mol. The van der Waals surface area contributed by atoms with Crippen molar-refractivity contribution in [2.45, 2.75) is 32.2 Å². The van der Waals surface area contributed by atoms with E-state index in [4.69, 9.17) is 14.7 Å². The highest BCUT2D eigenvalue weighted by Crippen LogP contribution is 2.26. The predicted molar refractivity (Wildman–Crippen MR) is 144 cm³/mol. The van der Waals surface area contributed by atoms with Crippen LogP contribution in [0.2, 0.25) is 0 Å². The van der Waals surface area contributed by atoms with Gasteiger partial charge < -0.3 is 24.0 Å². The highest BCUT2D eigenvalue weighted by atomic mass is 19.1. The third-order valence-electron chi connectivity index (χ3n) is 7.29. The Balaban J connectivity index is 1.20. The summed E-state index contributed by atoms with van der Waals surface area (Å²) in [4.78, 5) is 36.9. The third kappa shape index (κ3) is 5.19. The number of anilines is 1. The molecule has 2 aromatic carbocycles. The molecule has 2 fully saturated rings. The summed E-state index contributed by atoms with van der Waals surface area (Å²) in [6.45, 7) is 1.55. The molecule has 0 spiro atoms. The molecule has 11 nitrogen and oxygen atoms in total. The Labute approximate surface area is 238 Å². The molecule has 0 unspecified atom stereocenters. The van der Waals surface area contributed by atoms with Crippen molar-refractivity contribution in [3.63, 3.8) is 0 Å². The lowest BCUT2D eigenvalue weighted by Crippen LogP contribution is -2.34. The number of carbonyl (C=O) groups is 2. The number of carboxylic acid groups (broad SMARTS) is 1. The van der Waals surface area contributed by atoms with E-state index in [0.717, 1.165) is 12.5 Å². The van der Waals surface area contributed by atoms with Crippen LogP contribution in [0, 0.1) is 23.0 Å². The first-order valence-electron chi connectivity index (χ1n) is 13.2. The van der Waals surface area contributed by atoms with E-state index >= 15 is 0 Å². The maximum atomic E-state index is 14.6. The molecule has 2 aliphatic heterocycles. The zero-order chi connectivity index (χ0) is 29.4. The van der Waals surface area contributed by atoms with Crippen LogP contribution in [0.1, 0.15) is 33.9 Å². The highest BCUT2D eigenvalue weighted by Gasteiger charge is 2.33. The number of hydrogen-bond donors (Lipinski definition) is 1. The number of pyridine rings is 1. The molecule has 0 radical (unpaired) electrons. The summed E-state index contributed by atoms with van der Waals surface area (Å²) in [7, 11) is 0. The lowest BCUT2D eigenvalue weighted by molar-refractivity contribution is -0.0591. The summed E-state index contributed by atoms with van der Waals surface area (Å²) in [6.07, 6.45) is 0.844. The molecular weight excluding hydrogens is 550 g/mol. The van der Waals surface area contributed by atoms with Gasteiger partial charge in [-0.2, -0.15) is 5.26 Å². The minimum Gasteiger partial charge on any atom is -0.484 e. The number of urea groups is 1. The van der Waals surface area contributed by atoms with Gasteiger partial charge in [0.1, 0.15) is 29.8 Å². The second kappa shape index (κ2) is 11.1. The maximum absolute atomic E-state index is 14.6. The maximum Gasteiger partial charge on any atom is 0.335 e. The molecule has 4 heterocycles. The SMILES string of the molecule is N#Cc1ccc(OCc2nc(N3CCN(Cc4nc5ccc(C(=O)O)cc5n4C[C@@H]4CCO4)C3=O)ccc2F)c(F)c1. The number of fused-ring (bicyclic) bond motifs is 1. The van der Waals surface area contributed by atoms with E-state index in [0.29, 0.717) is 36.6 Å². The summed E-state index contributed by atoms with van der Waals surface area (Å²) < 4.78 is 41.6. The molecule has 2 aliphatic rings. The van der Waals surface area contributed by atoms with Crippen LogP contribution in [0.4, 0.5) is 19.4 Å². The van der Waals surface area contributed by atoms with Gasteiger partial charge in [0, 0.05) is 19.7 Å². The molecule has 2 aromatic heterocycles. The van der Waals surface area contributed by atoms with Crippen molar-refractivity contribution < 1.29 is 33.0 Å². The van der Waals surface area contributed by atoms with Crippen molar-refractivity contribution in [2.75, 3.05) is 24.6 Å². The van der Waals surface area contributed by atoms with Crippen molar-refractivity contribution >= 4 is 28.9 Å². The van der Waals surface area contributed by atoms with Gasteiger partial charge in [0.25, 0.3) is 0 Å². The number of benzene rings is 2. The number of amides is 2. The predicted octanol–water partition coefficient (Wildman–Crippen LogP) is 4.09. The molecule has 1 N–H and O–H groups in total. The van der Waals surface area contributed by atoms with E-state index in [1.165, 1.54) is 35.2 Å². The Hall–Kier alpha value is -5.09. The summed E-state index contributed by atoms with van der Waals surface area (Å²) in [5.41, 5.74) is 1.41. The number of nitriles is 1. The minimum atomic E-state index is -1.05. The smallest absolute Gasteiger partial charge is 0.335 e. The first-order chi connectivity index (χ1) is 20.3. The fraction of sp³-hybridized carbons (Fsp3) is 0.276. The Kier molecular flexibility index (Phi) is 7.13. The van der Waals surface area contributed by atoms with Gasteiger partial charge in [-0.05, 0) is 55.0 Å². The fourth-order valence-corrected chi connectivity index (χ4v) is 4.93. The summed E-state index contributed by atoms with van der Waals surface area (Å²) in [6, 6.07) is 12.4. The number of carbonyl (C=O) groups excluding carboxylic acids is 1. The molecule has 13 heteroatoms. The van der Waals surface area contributed by atoms with Gasteiger partial charge in [0.15, 0.2) is 11.6 Å². The summed E-state index contributed by atoms with van der Waals surface area (Å²) in [5, 5.41) is 18.4. The van der Waals surface area contributed by atoms with Crippen LogP contribution in [0.15, 0.2) is 48.5 Å². The lowest BCUT2D eigenvalue weighted by atomic mass is 10.1. The molecule has 1 atom stereocenters. The molecule has 214 valence electrons. The summed E-state index contributed by atoms with van der Waals surface area (Å²) >= 11 is 0. The minimum absolute atomic E-state index is 0.0257. The fourth-order valence-electron chi connectivity index (χ4n) is 4.93. The molecular formula is C29H24F2N6O5. The molecule has 4 aromatic rings. The van der Waals surface area contributed by atoms with Gasteiger partial charge in [0.05, 0.1) is 47.4 Å². The number of hydrogen-bond acceptors (Lipinski definition) is 7. The van der Waals surface area contributed by atoms with Gasteiger partial charge in [-0.25, -0.2) is 28.3 Å². The first kappa shape index (κ1) is 27.1. The van der Waals surface area contributed by atoms with Crippen LogP contribution in [-0.2, 0) is 24.4 Å². The number of aromatic carboxylic acids is 1. The molecule has 42 heavy (non-hydrogen) atoms. The van der Waals surface area contributed by atoms with Gasteiger partial charge >= 0.3 is 12.0 Å². The van der Waals surface area contributed by atoms with Crippen LogP contribution >= 0.6 is 0 Å². The van der Waals surface area contributed by atoms with Crippen LogP contribution in [0.25, 0.3) is 11.0 Å². The zero-order valence-electron chi connectivity index (χ0n) is 22.2. The first-order valence-corrected chi connectivity index (χ1v) is 13.2. The van der Waals surface area contributed by atoms with Crippen LogP contribution in [0.5, 0.6) is 5.75 Å². The lowest BCUT2D eigenvalue weighted by Gasteiger charge is -2.28. The second-order valence-electron chi connectivity index (χ2n) is 9.93. The standard InChI is InChI=1S/C29H24F2N6O5/c30-20-3-6-26(34-23(20)16-42-25-5-1-17(13-32)11-21(25)31)36-9-8-35(29(36)40)15-27-33-22-4-2-18(28(38)39)12-24(22)37(27)14-19-7-10-41-19/h1-6,11-12,19H,7-10,14-16H2,(H,38,39)/t19-/m0/s1. The Morgan fingerprint density at radius 2 is 1.95 bits per heavy atom. The van der Waals surface area contributed by atoms with Crippen LogP contribution < -0.4 is 9.64 Å². The van der Waals surface area contributed by atoms with Crippen molar-refractivity contribution in [3.8, 4) is 11.8 Å². The molecule has 0 saturated carbocycles. The van der Waals surface area contributed by atoms with Gasteiger partial charge in [-0.3, -0.25) is 4.90 Å². The largest absolute Gasteiger partial charge is 0.484 e. The topological polar surface area (TPSA) is 134 Å². The van der Waals surface area contributed by atoms with Crippen molar-refractivity contribution in [1.29, 1.82) is 5.26 Å². The van der Waals surface area contributed by atoms with E-state index < -0.39 is 17.6 Å². The quantitative estimate of drug-likeness (QED) is 0.316. The Morgan fingerprint density at radius 3 is 2.67 bits per heavy atom. The Bertz CT molecular complexity index is 1750. The number of rotatable bonds is 9. The van der Waals surface area contributed by atoms with Gasteiger partial charge in [-0.15, -0.1) is 0 Å². The van der Waals surface area contributed by atoms with E-state index in [-0.39, 0.29) is 60.2 Å². The third-order valence-corrected chi connectivity index (χ3v) is 7.29. The van der Waals surface area contributed by atoms with Crippen molar-refractivity contribution in [3.05, 3.63) is 82.8 Å². The molecule has 2 saturated heterocycles. The Morgan fingerprint density at radius 1 is 1.12 bits per heavy atom. The second-order valence-corrected chi connectivity index (χ2v) is 9.93. The highest BCUT2D eigenvalue weighted by molar-refractivity contribution is 5.94. The number of nitrogens with zero attached hydrogens (tertiary/aromatic N) is 6. The van der Waals surface area contributed by atoms with Gasteiger partial charge in [-0.1, -0.05) is 0 Å². The van der Waals surface area contributed by atoms with Crippen molar-refractivity contribution in [2.24, 2.45) is 0 Å². The van der Waals surface area contributed by atoms with Gasteiger partial charge in [0.2, 0.25) is 0 Å². The number of ether oxygens (including phenoxy) is 2. The number of imidazole rings is 1. The van der Waals surface area contributed by atoms with E-state index in [2.05, 4.69) is 9.97 Å². The normalized spacial score (nSPS) is 16.5. The molecule has 0 aliphatic carbocycles. The van der Waals surface area contributed by atoms with E-state index in [1.807, 2.05) is 10.6 Å². The molecule has 6 rings (SSSR count). The van der Waals surface area contributed by atoms with Crippen molar-refractivity contribution in [1.82, 2.24) is 19.4 Å². The average molecular weight is 575 g/mol. The number of halogens is 2. The van der Waals surface area contributed by atoms with E-state index in [9.17, 15) is 23.5 Å².